The molecule has 0 spiro atoms. The summed E-state index contributed by atoms with van der Waals surface area (Å²) >= 11 is 0. The van der Waals surface area contributed by atoms with Gasteiger partial charge in [-0.05, 0) is 68.3 Å². The Labute approximate surface area is 198 Å². The predicted molar refractivity (Wildman–Crippen MR) is 131 cm³/mol. The van der Waals surface area contributed by atoms with Crippen molar-refractivity contribution in [2.24, 2.45) is 0 Å². The predicted octanol–water partition coefficient (Wildman–Crippen LogP) is 5.46. The number of hydrogen-bond donors (Lipinski definition) is 1. The number of oxazole rings is 1. The number of benzene rings is 3. The maximum absolute atomic E-state index is 11.4. The minimum atomic E-state index is -1.33. The summed E-state index contributed by atoms with van der Waals surface area (Å²) in [5, 5.41) is 9.38. The van der Waals surface area contributed by atoms with E-state index < -0.39 is 11.6 Å². The zero-order chi connectivity index (χ0) is 24.1. The van der Waals surface area contributed by atoms with Gasteiger partial charge in [0.25, 0.3) is 6.01 Å². The number of carbonyl (C=O) groups is 1. The van der Waals surface area contributed by atoms with E-state index in [-0.39, 0.29) is 0 Å². The fourth-order valence-electron chi connectivity index (χ4n) is 3.48. The molecule has 1 aromatic heterocycles. The standard InChI is InChI=1S/C27H28N2O5/c1-19-8-6-10-21(16-19)32-15-14-29(26-28-23-12-4-5-13-24(23)33-26)18-20-9-7-11-22(17-20)34-27(2,3)25(30)31/h4-13,16-17H,14-15,18H2,1-3H3,(H,30,31). The maximum Gasteiger partial charge on any atom is 0.347 e. The average molecular weight is 461 g/mol. The Morgan fingerprint density at radius 1 is 1.03 bits per heavy atom. The second-order valence-electron chi connectivity index (χ2n) is 8.62. The highest BCUT2D eigenvalue weighted by Crippen LogP contribution is 2.25. The molecule has 0 aliphatic heterocycles. The molecule has 0 bridgehead atoms. The second kappa shape index (κ2) is 9.87. The number of rotatable bonds is 10. The normalized spacial score (nSPS) is 11.4. The van der Waals surface area contributed by atoms with E-state index in [4.69, 9.17) is 13.9 Å². The Hall–Kier alpha value is -4.00. The van der Waals surface area contributed by atoms with Crippen molar-refractivity contribution in [2.75, 3.05) is 18.1 Å². The van der Waals surface area contributed by atoms with Gasteiger partial charge in [-0.1, -0.05) is 36.4 Å². The molecule has 7 nitrogen and oxygen atoms in total. The molecule has 3 aromatic carbocycles. The Balaban J connectivity index is 1.54. The molecule has 1 N–H and O–H groups in total. The Kier molecular flexibility index (Phi) is 6.72. The van der Waals surface area contributed by atoms with Gasteiger partial charge >= 0.3 is 5.97 Å². The fourth-order valence-corrected chi connectivity index (χ4v) is 3.48. The molecule has 0 radical (unpaired) electrons. The molecule has 34 heavy (non-hydrogen) atoms. The van der Waals surface area contributed by atoms with E-state index in [1.54, 1.807) is 6.07 Å². The molecule has 4 aromatic rings. The van der Waals surface area contributed by atoms with Crippen molar-refractivity contribution in [3.05, 3.63) is 83.9 Å². The number of carboxylic acid groups (broad SMARTS) is 1. The third-order valence-electron chi connectivity index (χ3n) is 5.33. The molecule has 0 aliphatic rings. The Morgan fingerprint density at radius 2 is 1.79 bits per heavy atom. The third-order valence-corrected chi connectivity index (χ3v) is 5.33. The van der Waals surface area contributed by atoms with E-state index in [9.17, 15) is 9.90 Å². The number of fused-ring (bicyclic) bond motifs is 1. The van der Waals surface area contributed by atoms with Crippen LogP contribution in [0.15, 0.2) is 77.2 Å². The summed E-state index contributed by atoms with van der Waals surface area (Å²) in [5.74, 6) is 0.265. The summed E-state index contributed by atoms with van der Waals surface area (Å²) in [5.41, 5.74) is 2.22. The summed E-state index contributed by atoms with van der Waals surface area (Å²) in [7, 11) is 0. The first-order valence-electron chi connectivity index (χ1n) is 11.1. The summed E-state index contributed by atoms with van der Waals surface area (Å²) in [6.07, 6.45) is 0. The van der Waals surface area contributed by atoms with Gasteiger partial charge in [-0.2, -0.15) is 4.98 Å². The molecule has 0 saturated heterocycles. The van der Waals surface area contributed by atoms with Crippen molar-refractivity contribution in [2.45, 2.75) is 32.9 Å². The zero-order valence-electron chi connectivity index (χ0n) is 19.5. The summed E-state index contributed by atoms with van der Waals surface area (Å²) in [6.45, 7) is 6.52. The number of hydrogen-bond acceptors (Lipinski definition) is 6. The van der Waals surface area contributed by atoms with Gasteiger partial charge in [0.1, 0.15) is 23.6 Å². The van der Waals surface area contributed by atoms with Gasteiger partial charge in [-0.25, -0.2) is 4.79 Å². The smallest absolute Gasteiger partial charge is 0.347 e. The summed E-state index contributed by atoms with van der Waals surface area (Å²) in [6, 6.07) is 23.4. The van der Waals surface area contributed by atoms with Crippen LogP contribution in [0.4, 0.5) is 6.01 Å². The lowest BCUT2D eigenvalue weighted by molar-refractivity contribution is -0.152. The first-order chi connectivity index (χ1) is 16.3. The van der Waals surface area contributed by atoms with E-state index in [0.29, 0.717) is 37.0 Å². The Bertz CT molecular complexity index is 1250. The number of aliphatic carboxylic acids is 1. The number of nitrogens with zero attached hydrogens (tertiary/aromatic N) is 2. The lowest BCUT2D eigenvalue weighted by Gasteiger charge is -2.23. The topological polar surface area (TPSA) is 85.0 Å². The van der Waals surface area contributed by atoms with Crippen molar-refractivity contribution < 1.29 is 23.8 Å². The molecule has 0 amide bonds. The molecule has 0 aliphatic carbocycles. The highest BCUT2D eigenvalue weighted by Gasteiger charge is 2.29. The van der Waals surface area contributed by atoms with Gasteiger partial charge in [0, 0.05) is 6.54 Å². The molecule has 0 unspecified atom stereocenters. The molecule has 0 saturated carbocycles. The van der Waals surface area contributed by atoms with Gasteiger partial charge in [-0.15, -0.1) is 0 Å². The molecule has 1 heterocycles. The second-order valence-corrected chi connectivity index (χ2v) is 8.62. The van der Waals surface area contributed by atoms with Crippen LogP contribution in [0.2, 0.25) is 0 Å². The quantitative estimate of drug-likeness (QED) is 0.336. The maximum atomic E-state index is 11.4. The Morgan fingerprint density at radius 3 is 2.56 bits per heavy atom. The van der Waals surface area contributed by atoms with Crippen molar-refractivity contribution >= 4 is 23.1 Å². The molecule has 7 heteroatoms. The van der Waals surface area contributed by atoms with Gasteiger partial charge in [0.2, 0.25) is 0 Å². The van der Waals surface area contributed by atoms with Crippen LogP contribution in [0.1, 0.15) is 25.0 Å². The first kappa shape index (κ1) is 23.2. The average Bonchev–Trinajstić information content (AvgIpc) is 3.23. The SMILES string of the molecule is Cc1cccc(OCCN(Cc2cccc(OC(C)(C)C(=O)O)c2)c2nc3ccccc3o2)c1. The lowest BCUT2D eigenvalue weighted by Crippen LogP contribution is -2.37. The van der Waals surface area contributed by atoms with E-state index >= 15 is 0 Å². The summed E-state index contributed by atoms with van der Waals surface area (Å²) < 4.78 is 17.7. The van der Waals surface area contributed by atoms with Gasteiger partial charge in [0.15, 0.2) is 11.2 Å². The zero-order valence-corrected chi connectivity index (χ0v) is 19.5. The van der Waals surface area contributed by atoms with Crippen LogP contribution in [0.25, 0.3) is 11.1 Å². The number of anilines is 1. The van der Waals surface area contributed by atoms with Crippen LogP contribution in [0.5, 0.6) is 11.5 Å². The lowest BCUT2D eigenvalue weighted by atomic mass is 10.1. The van der Waals surface area contributed by atoms with Gasteiger partial charge in [0.05, 0.1) is 6.54 Å². The van der Waals surface area contributed by atoms with Crippen LogP contribution in [-0.2, 0) is 11.3 Å². The van der Waals surface area contributed by atoms with E-state index in [1.165, 1.54) is 13.8 Å². The molecule has 0 fully saturated rings. The van der Waals surface area contributed by atoms with Crippen LogP contribution in [0.3, 0.4) is 0 Å². The van der Waals surface area contributed by atoms with Crippen LogP contribution in [0, 0.1) is 6.92 Å². The van der Waals surface area contributed by atoms with Crippen LogP contribution in [-0.4, -0.2) is 34.8 Å². The van der Waals surface area contributed by atoms with Crippen molar-refractivity contribution in [1.82, 2.24) is 4.98 Å². The number of carboxylic acids is 1. The van der Waals surface area contributed by atoms with Gasteiger partial charge < -0.3 is 23.9 Å². The van der Waals surface area contributed by atoms with Crippen molar-refractivity contribution in [3.8, 4) is 11.5 Å². The molecule has 176 valence electrons. The van der Waals surface area contributed by atoms with Crippen LogP contribution >= 0.6 is 0 Å². The summed E-state index contributed by atoms with van der Waals surface area (Å²) in [4.78, 5) is 18.1. The minimum absolute atomic E-state index is 0.435. The minimum Gasteiger partial charge on any atom is -0.492 e. The highest BCUT2D eigenvalue weighted by atomic mass is 16.5. The third kappa shape index (κ3) is 5.67. The van der Waals surface area contributed by atoms with E-state index in [2.05, 4.69) is 4.98 Å². The number of ether oxygens (including phenoxy) is 2. The molecule has 0 atom stereocenters. The molecule has 4 rings (SSSR count). The van der Waals surface area contributed by atoms with Gasteiger partial charge in [-0.3, -0.25) is 0 Å². The van der Waals surface area contributed by atoms with Crippen molar-refractivity contribution in [3.63, 3.8) is 0 Å². The monoisotopic (exact) mass is 460 g/mol. The largest absolute Gasteiger partial charge is 0.492 e. The molecular formula is C27H28N2O5. The van der Waals surface area contributed by atoms with E-state index in [0.717, 1.165) is 22.4 Å². The van der Waals surface area contributed by atoms with E-state index in [1.807, 2.05) is 78.6 Å². The van der Waals surface area contributed by atoms with Crippen LogP contribution < -0.4 is 14.4 Å². The molecular weight excluding hydrogens is 432 g/mol. The fraction of sp³-hybridized carbons (Fsp3) is 0.259. The highest BCUT2D eigenvalue weighted by molar-refractivity contribution is 5.77. The number of aromatic nitrogens is 1. The number of para-hydroxylation sites is 2. The first-order valence-corrected chi connectivity index (χ1v) is 11.1. The number of aryl methyl sites for hydroxylation is 1. The van der Waals surface area contributed by atoms with Crippen molar-refractivity contribution in [1.29, 1.82) is 0 Å².